The number of carbonyl (C=O) groups is 1. The summed E-state index contributed by atoms with van der Waals surface area (Å²) in [6.45, 7) is 2.20. The van der Waals surface area contributed by atoms with E-state index in [0.717, 1.165) is 61.1 Å². The van der Waals surface area contributed by atoms with Gasteiger partial charge in [0.2, 0.25) is 0 Å². The maximum atomic E-state index is 12.0. The molecule has 6 heteroatoms. The quantitative estimate of drug-likeness (QED) is 0.168. The number of benzene rings is 4. The number of aromatic nitrogens is 2. The third-order valence-electron chi connectivity index (χ3n) is 6.78. The van der Waals surface area contributed by atoms with Gasteiger partial charge in [0, 0.05) is 24.9 Å². The summed E-state index contributed by atoms with van der Waals surface area (Å²) in [5.41, 5.74) is 2.21. The third kappa shape index (κ3) is 7.17. The number of imidazole rings is 1. The summed E-state index contributed by atoms with van der Waals surface area (Å²) >= 11 is 0. The molecule has 0 fully saturated rings. The van der Waals surface area contributed by atoms with Crippen molar-refractivity contribution in [2.24, 2.45) is 0 Å². The molecule has 1 N–H and O–H groups in total. The van der Waals surface area contributed by atoms with Gasteiger partial charge in [-0.1, -0.05) is 73.2 Å². The number of unbranched alkanes of at least 4 members (excludes halogenated alkanes) is 2. The predicted molar refractivity (Wildman–Crippen MR) is 156 cm³/mol. The van der Waals surface area contributed by atoms with Crippen molar-refractivity contribution in [3.8, 4) is 11.5 Å². The van der Waals surface area contributed by atoms with E-state index in [1.165, 1.54) is 10.9 Å². The second-order valence-corrected chi connectivity index (χ2v) is 9.61. The molecule has 0 atom stereocenters. The fourth-order valence-corrected chi connectivity index (χ4v) is 4.82. The summed E-state index contributed by atoms with van der Waals surface area (Å²) in [6.07, 6.45) is 4.77. The highest BCUT2D eigenvalue weighted by atomic mass is 16.5. The van der Waals surface area contributed by atoms with Gasteiger partial charge in [-0.3, -0.25) is 4.79 Å². The first-order chi connectivity index (χ1) is 19.3. The first-order valence-corrected chi connectivity index (χ1v) is 13.8. The molecule has 0 saturated carbocycles. The lowest BCUT2D eigenvalue weighted by atomic mass is 10.1. The van der Waals surface area contributed by atoms with Crippen molar-refractivity contribution >= 4 is 27.7 Å². The molecule has 200 valence electrons. The smallest absolute Gasteiger partial charge is 0.257 e. The number of hydrogen-bond donors (Lipinski definition) is 1. The second-order valence-electron chi connectivity index (χ2n) is 9.61. The van der Waals surface area contributed by atoms with Gasteiger partial charge in [0.05, 0.1) is 17.6 Å². The van der Waals surface area contributed by atoms with Gasteiger partial charge in [0.15, 0.2) is 6.61 Å². The van der Waals surface area contributed by atoms with Crippen LogP contribution in [-0.2, 0) is 17.8 Å². The summed E-state index contributed by atoms with van der Waals surface area (Å²) in [7, 11) is 0. The molecule has 1 aromatic heterocycles. The number of amides is 1. The first kappa shape index (κ1) is 26.3. The van der Waals surface area contributed by atoms with E-state index >= 15 is 0 Å². The molecular weight excluding hydrogens is 486 g/mol. The van der Waals surface area contributed by atoms with E-state index in [9.17, 15) is 4.79 Å². The number of nitrogens with one attached hydrogen (secondary N) is 1. The van der Waals surface area contributed by atoms with E-state index in [1.54, 1.807) is 0 Å². The van der Waals surface area contributed by atoms with Gasteiger partial charge in [-0.2, -0.15) is 0 Å². The second kappa shape index (κ2) is 13.5. The lowest BCUT2D eigenvalue weighted by Gasteiger charge is -2.12. The average Bonchev–Trinajstić information content (AvgIpc) is 3.33. The normalized spacial score (nSPS) is 11.1. The van der Waals surface area contributed by atoms with Gasteiger partial charge in [-0.25, -0.2) is 4.98 Å². The maximum absolute atomic E-state index is 12.0. The van der Waals surface area contributed by atoms with Crippen LogP contribution in [0, 0.1) is 0 Å². The molecule has 0 saturated heterocycles. The highest BCUT2D eigenvalue weighted by Crippen LogP contribution is 2.25. The van der Waals surface area contributed by atoms with Crippen molar-refractivity contribution in [3.63, 3.8) is 0 Å². The molecule has 0 aliphatic carbocycles. The summed E-state index contributed by atoms with van der Waals surface area (Å²) in [5.74, 6) is 2.66. The molecule has 1 heterocycles. The van der Waals surface area contributed by atoms with Crippen LogP contribution in [-0.4, -0.2) is 35.2 Å². The molecule has 4 aromatic carbocycles. The van der Waals surface area contributed by atoms with Crippen molar-refractivity contribution in [1.82, 2.24) is 14.9 Å². The van der Waals surface area contributed by atoms with Crippen LogP contribution in [0.4, 0.5) is 0 Å². The third-order valence-corrected chi connectivity index (χ3v) is 6.78. The minimum atomic E-state index is -0.0913. The molecule has 5 rings (SSSR count). The Labute approximate surface area is 229 Å². The number of fused-ring (bicyclic) bond motifs is 2. The van der Waals surface area contributed by atoms with E-state index in [2.05, 4.69) is 52.3 Å². The molecular formula is C33H35N3O3. The SMILES string of the molecule is O=C(COc1ccccc1)NCCCCCc1nc2ccccc2n1CCCOc1cccc2ccccc12. The lowest BCUT2D eigenvalue weighted by molar-refractivity contribution is -0.123. The van der Waals surface area contributed by atoms with Gasteiger partial charge < -0.3 is 19.4 Å². The Morgan fingerprint density at radius 3 is 2.49 bits per heavy atom. The monoisotopic (exact) mass is 521 g/mol. The van der Waals surface area contributed by atoms with E-state index in [0.29, 0.717) is 18.9 Å². The van der Waals surface area contributed by atoms with Crippen molar-refractivity contribution in [3.05, 3.63) is 103 Å². The van der Waals surface area contributed by atoms with E-state index in [4.69, 9.17) is 14.5 Å². The van der Waals surface area contributed by atoms with Crippen molar-refractivity contribution in [1.29, 1.82) is 0 Å². The van der Waals surface area contributed by atoms with Gasteiger partial charge in [0.25, 0.3) is 5.91 Å². The number of carbonyl (C=O) groups excluding carboxylic acids is 1. The van der Waals surface area contributed by atoms with Crippen LogP contribution in [0.15, 0.2) is 97.1 Å². The van der Waals surface area contributed by atoms with Gasteiger partial charge in [-0.15, -0.1) is 0 Å². The van der Waals surface area contributed by atoms with E-state index in [1.807, 2.05) is 54.6 Å². The molecule has 0 unspecified atom stereocenters. The van der Waals surface area contributed by atoms with Crippen molar-refractivity contribution < 1.29 is 14.3 Å². The number of aryl methyl sites for hydroxylation is 2. The molecule has 39 heavy (non-hydrogen) atoms. The Balaban J connectivity index is 1.07. The highest BCUT2D eigenvalue weighted by Gasteiger charge is 2.11. The largest absolute Gasteiger partial charge is 0.493 e. The lowest BCUT2D eigenvalue weighted by Crippen LogP contribution is -2.29. The van der Waals surface area contributed by atoms with Gasteiger partial charge in [-0.05, 0) is 55.0 Å². The summed E-state index contributed by atoms with van der Waals surface area (Å²) in [5, 5.41) is 5.28. The molecule has 0 bridgehead atoms. The molecule has 6 nitrogen and oxygen atoms in total. The topological polar surface area (TPSA) is 65.4 Å². The fourth-order valence-electron chi connectivity index (χ4n) is 4.82. The van der Waals surface area contributed by atoms with Crippen LogP contribution in [0.5, 0.6) is 11.5 Å². The first-order valence-electron chi connectivity index (χ1n) is 13.8. The Hall–Kier alpha value is -4.32. The minimum Gasteiger partial charge on any atom is -0.493 e. The molecule has 0 spiro atoms. The number of para-hydroxylation sites is 3. The maximum Gasteiger partial charge on any atom is 0.257 e. The van der Waals surface area contributed by atoms with Crippen LogP contribution in [0.2, 0.25) is 0 Å². The standard InChI is InChI=1S/C33H35N3O3/c37-33(25-39-27-15-3-1-4-16-27)34-22-10-2-5-21-32-35-29-18-8-9-19-30(29)36(32)23-12-24-38-31-20-11-14-26-13-6-7-17-28(26)31/h1,3-4,6-9,11,13-20H,2,5,10,12,21-25H2,(H,34,37). The van der Waals surface area contributed by atoms with Gasteiger partial charge in [0.1, 0.15) is 17.3 Å². The Bertz CT molecular complexity index is 1490. The number of rotatable bonds is 14. The molecule has 0 radical (unpaired) electrons. The Kier molecular flexibility index (Phi) is 9.08. The minimum absolute atomic E-state index is 0.0399. The number of ether oxygens (including phenoxy) is 2. The number of nitrogens with zero attached hydrogens (tertiary/aromatic N) is 2. The average molecular weight is 522 g/mol. The van der Waals surface area contributed by atoms with Crippen LogP contribution >= 0.6 is 0 Å². The van der Waals surface area contributed by atoms with E-state index < -0.39 is 0 Å². The Morgan fingerprint density at radius 1 is 0.769 bits per heavy atom. The number of hydrogen-bond acceptors (Lipinski definition) is 4. The zero-order valence-corrected chi connectivity index (χ0v) is 22.2. The molecule has 1 amide bonds. The van der Waals surface area contributed by atoms with Crippen LogP contribution in [0.25, 0.3) is 21.8 Å². The van der Waals surface area contributed by atoms with Crippen molar-refractivity contribution in [2.75, 3.05) is 19.8 Å². The van der Waals surface area contributed by atoms with Crippen LogP contribution < -0.4 is 14.8 Å². The highest BCUT2D eigenvalue weighted by molar-refractivity contribution is 5.88. The van der Waals surface area contributed by atoms with Crippen LogP contribution in [0.1, 0.15) is 31.5 Å². The van der Waals surface area contributed by atoms with Crippen LogP contribution in [0.3, 0.4) is 0 Å². The Morgan fingerprint density at radius 2 is 1.56 bits per heavy atom. The zero-order chi connectivity index (χ0) is 26.7. The summed E-state index contributed by atoms with van der Waals surface area (Å²) < 4.78 is 14.0. The fraction of sp³-hybridized carbons (Fsp3) is 0.273. The van der Waals surface area contributed by atoms with E-state index in [-0.39, 0.29) is 12.5 Å². The van der Waals surface area contributed by atoms with Gasteiger partial charge >= 0.3 is 0 Å². The zero-order valence-electron chi connectivity index (χ0n) is 22.2. The predicted octanol–water partition coefficient (Wildman–Crippen LogP) is 6.57. The summed E-state index contributed by atoms with van der Waals surface area (Å²) in [4.78, 5) is 17.0. The van der Waals surface area contributed by atoms with Crippen molar-refractivity contribution in [2.45, 2.75) is 38.6 Å². The summed E-state index contributed by atoms with van der Waals surface area (Å²) in [6, 6.07) is 32.2. The molecule has 5 aromatic rings. The molecule has 0 aliphatic heterocycles. The molecule has 0 aliphatic rings.